The third-order valence-electron chi connectivity index (χ3n) is 2.60. The molecule has 0 amide bonds. The summed E-state index contributed by atoms with van der Waals surface area (Å²) >= 11 is 0. The van der Waals surface area contributed by atoms with Crippen LogP contribution in [0.2, 0.25) is 0 Å². The van der Waals surface area contributed by atoms with E-state index in [1.807, 2.05) is 24.3 Å². The van der Waals surface area contributed by atoms with Crippen LogP contribution < -0.4 is 10.5 Å². The number of aliphatic hydroxyl groups excluding tert-OH is 1. The Morgan fingerprint density at radius 2 is 1.78 bits per heavy atom. The van der Waals surface area contributed by atoms with Crippen molar-refractivity contribution in [2.24, 2.45) is 0 Å². The normalized spacial score (nSPS) is 10.7. The van der Waals surface area contributed by atoms with Crippen molar-refractivity contribution in [3.05, 3.63) is 24.3 Å². The van der Waals surface area contributed by atoms with Crippen molar-refractivity contribution in [2.75, 3.05) is 18.9 Å². The van der Waals surface area contributed by atoms with Gasteiger partial charge >= 0.3 is 0 Å². The van der Waals surface area contributed by atoms with Gasteiger partial charge in [0.05, 0.1) is 17.6 Å². The number of nitrogens with two attached hydrogens (primary N) is 1. The topological polar surface area (TPSA) is 81.3 Å². The maximum absolute atomic E-state index is 8.66. The first-order chi connectivity index (χ1) is 8.81. The molecule has 1 aromatic heterocycles. The second-order valence-corrected chi connectivity index (χ2v) is 4.04. The lowest BCUT2D eigenvalue weighted by Gasteiger charge is -2.08. The number of rotatable bonds is 6. The Bertz CT molecular complexity index is 517. The molecule has 0 atom stereocenters. The molecule has 0 fully saturated rings. The molecule has 2 rings (SSSR count). The lowest BCUT2D eigenvalue weighted by atomic mass is 10.2. The molecule has 1 heterocycles. The van der Waals surface area contributed by atoms with Crippen LogP contribution in [-0.4, -0.2) is 28.3 Å². The van der Waals surface area contributed by atoms with Crippen molar-refractivity contribution >= 4 is 16.9 Å². The van der Waals surface area contributed by atoms with Crippen LogP contribution in [0.15, 0.2) is 24.3 Å². The maximum Gasteiger partial charge on any atom is 0.257 e. The number of nitrogens with zero attached hydrogens (tertiary/aromatic N) is 2. The highest BCUT2D eigenvalue weighted by molar-refractivity contribution is 5.76. The Balaban J connectivity index is 2.01. The number of benzene rings is 1. The molecule has 0 radical (unpaired) electrons. The lowest BCUT2D eigenvalue weighted by molar-refractivity contribution is 0.263. The average Bonchev–Trinajstić information content (AvgIpc) is 2.39. The van der Waals surface area contributed by atoms with Gasteiger partial charge in [-0.05, 0) is 31.4 Å². The van der Waals surface area contributed by atoms with E-state index in [2.05, 4.69) is 9.97 Å². The molecule has 1 aromatic carbocycles. The Kier molecular flexibility index (Phi) is 4.30. The summed E-state index contributed by atoms with van der Waals surface area (Å²) in [6.45, 7) is 0.759. The second kappa shape index (κ2) is 6.16. The van der Waals surface area contributed by atoms with Crippen molar-refractivity contribution < 1.29 is 9.84 Å². The van der Waals surface area contributed by atoms with Crippen LogP contribution in [0.3, 0.4) is 0 Å². The Morgan fingerprint density at radius 3 is 2.50 bits per heavy atom. The fraction of sp³-hybridized carbons (Fsp3) is 0.385. The minimum atomic E-state index is 0.220. The predicted molar refractivity (Wildman–Crippen MR) is 70.4 cm³/mol. The van der Waals surface area contributed by atoms with Gasteiger partial charge in [-0.2, -0.15) is 0 Å². The average molecular weight is 247 g/mol. The number of fused-ring (bicyclic) bond motifs is 1. The van der Waals surface area contributed by atoms with E-state index in [1.165, 1.54) is 0 Å². The molecule has 0 saturated carbocycles. The molecule has 0 unspecified atom stereocenters. The number of ether oxygens (including phenoxy) is 1. The molecule has 0 bridgehead atoms. The zero-order valence-corrected chi connectivity index (χ0v) is 10.2. The van der Waals surface area contributed by atoms with E-state index in [-0.39, 0.29) is 6.61 Å². The molecule has 2 aromatic rings. The van der Waals surface area contributed by atoms with Crippen LogP contribution in [0.25, 0.3) is 11.0 Å². The van der Waals surface area contributed by atoms with Gasteiger partial charge in [0.1, 0.15) is 0 Å². The highest BCUT2D eigenvalue weighted by Crippen LogP contribution is 2.20. The van der Waals surface area contributed by atoms with Crippen LogP contribution in [0.5, 0.6) is 5.88 Å². The minimum Gasteiger partial charge on any atom is -0.475 e. The SMILES string of the molecule is Nc1nc2ccccc2nc1OCCCCCO. The molecule has 0 aliphatic carbocycles. The second-order valence-electron chi connectivity index (χ2n) is 4.04. The Morgan fingerprint density at radius 1 is 1.06 bits per heavy atom. The number of anilines is 1. The van der Waals surface area contributed by atoms with Crippen LogP contribution >= 0.6 is 0 Å². The van der Waals surface area contributed by atoms with Crippen LogP contribution in [-0.2, 0) is 0 Å². The van der Waals surface area contributed by atoms with E-state index in [0.717, 1.165) is 30.3 Å². The molecule has 3 N–H and O–H groups in total. The van der Waals surface area contributed by atoms with Gasteiger partial charge in [0.15, 0.2) is 5.82 Å². The summed E-state index contributed by atoms with van der Waals surface area (Å²) in [5.74, 6) is 0.702. The quantitative estimate of drug-likeness (QED) is 0.760. The number of para-hydroxylation sites is 2. The standard InChI is InChI=1S/C13H17N3O2/c14-12-13(18-9-5-1-4-8-17)16-11-7-3-2-6-10(11)15-12/h2-3,6-7,17H,1,4-5,8-9H2,(H2,14,15). The number of nitrogen functional groups attached to an aromatic ring is 1. The van der Waals surface area contributed by atoms with E-state index in [1.54, 1.807) is 0 Å². The monoisotopic (exact) mass is 247 g/mol. The Labute approximate surface area is 106 Å². The summed E-state index contributed by atoms with van der Waals surface area (Å²) in [6.07, 6.45) is 2.59. The summed E-state index contributed by atoms with van der Waals surface area (Å²) in [6, 6.07) is 7.54. The number of hydrogen-bond acceptors (Lipinski definition) is 5. The van der Waals surface area contributed by atoms with Gasteiger partial charge in [0, 0.05) is 6.61 Å². The molecule has 0 saturated heterocycles. The number of hydrogen-bond donors (Lipinski definition) is 2. The first kappa shape index (κ1) is 12.6. The summed E-state index contributed by atoms with van der Waals surface area (Å²) in [5, 5.41) is 8.66. The first-order valence-electron chi connectivity index (χ1n) is 6.07. The molecule has 5 nitrogen and oxygen atoms in total. The zero-order valence-electron chi connectivity index (χ0n) is 10.2. The maximum atomic E-state index is 8.66. The van der Waals surface area contributed by atoms with Gasteiger partial charge < -0.3 is 15.6 Å². The number of aliphatic hydroxyl groups is 1. The predicted octanol–water partition coefficient (Wildman–Crippen LogP) is 1.75. The summed E-state index contributed by atoms with van der Waals surface area (Å²) in [4.78, 5) is 8.57. The molecular formula is C13H17N3O2. The van der Waals surface area contributed by atoms with Crippen molar-refractivity contribution in [3.8, 4) is 5.88 Å². The zero-order chi connectivity index (χ0) is 12.8. The van der Waals surface area contributed by atoms with Gasteiger partial charge in [-0.1, -0.05) is 12.1 Å². The highest BCUT2D eigenvalue weighted by Gasteiger charge is 2.06. The summed E-state index contributed by atoms with van der Waals surface area (Å²) < 4.78 is 5.51. The lowest BCUT2D eigenvalue weighted by Crippen LogP contribution is -2.04. The highest BCUT2D eigenvalue weighted by atomic mass is 16.5. The van der Waals surface area contributed by atoms with E-state index >= 15 is 0 Å². The van der Waals surface area contributed by atoms with E-state index in [9.17, 15) is 0 Å². The van der Waals surface area contributed by atoms with Crippen molar-refractivity contribution in [2.45, 2.75) is 19.3 Å². The van der Waals surface area contributed by atoms with E-state index in [0.29, 0.717) is 18.3 Å². The molecule has 0 spiro atoms. The van der Waals surface area contributed by atoms with Crippen LogP contribution in [0.1, 0.15) is 19.3 Å². The molecule has 96 valence electrons. The largest absolute Gasteiger partial charge is 0.475 e. The smallest absolute Gasteiger partial charge is 0.257 e. The van der Waals surface area contributed by atoms with Crippen molar-refractivity contribution in [3.63, 3.8) is 0 Å². The minimum absolute atomic E-state index is 0.220. The van der Waals surface area contributed by atoms with Gasteiger partial charge in [0.25, 0.3) is 5.88 Å². The van der Waals surface area contributed by atoms with Crippen LogP contribution in [0, 0.1) is 0 Å². The van der Waals surface area contributed by atoms with E-state index < -0.39 is 0 Å². The third-order valence-corrected chi connectivity index (χ3v) is 2.60. The van der Waals surface area contributed by atoms with E-state index in [4.69, 9.17) is 15.6 Å². The summed E-state index contributed by atoms with van der Waals surface area (Å²) in [5.41, 5.74) is 7.33. The van der Waals surface area contributed by atoms with Crippen LogP contribution in [0.4, 0.5) is 5.82 Å². The Hall–Kier alpha value is -1.88. The van der Waals surface area contributed by atoms with Gasteiger partial charge in [0.2, 0.25) is 0 Å². The molecule has 0 aliphatic rings. The third kappa shape index (κ3) is 3.07. The van der Waals surface area contributed by atoms with Gasteiger partial charge in [-0.25, -0.2) is 9.97 Å². The molecular weight excluding hydrogens is 230 g/mol. The number of unbranched alkanes of at least 4 members (excludes halogenated alkanes) is 2. The molecule has 5 heteroatoms. The van der Waals surface area contributed by atoms with Crippen molar-refractivity contribution in [1.29, 1.82) is 0 Å². The fourth-order valence-corrected chi connectivity index (χ4v) is 1.66. The van der Waals surface area contributed by atoms with Gasteiger partial charge in [-0.15, -0.1) is 0 Å². The number of aromatic nitrogens is 2. The fourth-order valence-electron chi connectivity index (χ4n) is 1.66. The molecule has 18 heavy (non-hydrogen) atoms. The molecule has 0 aliphatic heterocycles. The van der Waals surface area contributed by atoms with Crippen molar-refractivity contribution in [1.82, 2.24) is 9.97 Å². The van der Waals surface area contributed by atoms with Gasteiger partial charge in [-0.3, -0.25) is 0 Å². The summed E-state index contributed by atoms with van der Waals surface area (Å²) in [7, 11) is 0. The first-order valence-corrected chi connectivity index (χ1v) is 6.07.